The Morgan fingerprint density at radius 2 is 2.29 bits per heavy atom. The summed E-state index contributed by atoms with van der Waals surface area (Å²) in [5.41, 5.74) is -0.285. The van der Waals surface area contributed by atoms with Crippen LogP contribution in [0.15, 0.2) is 0 Å². The van der Waals surface area contributed by atoms with Crippen LogP contribution in [-0.4, -0.2) is 41.0 Å². The summed E-state index contributed by atoms with van der Waals surface area (Å²) in [6.45, 7) is 3.90. The SMILES string of the molecule is CC(=O)C12C[C-]1C(CO)C(C)N2C.[W]. The number of hydrogen-bond acceptors (Lipinski definition) is 3. The van der Waals surface area contributed by atoms with E-state index in [4.69, 9.17) is 0 Å². The minimum Gasteiger partial charge on any atom is -0.399 e. The molecule has 0 aromatic rings. The summed E-state index contributed by atoms with van der Waals surface area (Å²) in [6.07, 6.45) is 0.869. The van der Waals surface area contributed by atoms with Gasteiger partial charge in [0.15, 0.2) is 0 Å². The second-order valence-electron chi connectivity index (χ2n) is 4.26. The number of aliphatic hydroxyl groups is 1. The van der Waals surface area contributed by atoms with E-state index in [9.17, 15) is 9.90 Å². The van der Waals surface area contributed by atoms with Gasteiger partial charge >= 0.3 is 0 Å². The van der Waals surface area contributed by atoms with Gasteiger partial charge in [0.05, 0.1) is 0 Å². The molecule has 0 bridgehead atoms. The van der Waals surface area contributed by atoms with Gasteiger partial charge in [-0.1, -0.05) is 12.5 Å². The van der Waals surface area contributed by atoms with Crippen molar-refractivity contribution in [3.8, 4) is 0 Å². The van der Waals surface area contributed by atoms with Gasteiger partial charge in [-0.15, -0.1) is 5.92 Å². The molecule has 1 saturated heterocycles. The number of likely N-dealkylation sites (tertiary alicyclic amines) is 1. The molecule has 3 atom stereocenters. The number of nitrogens with zero attached hydrogens (tertiary/aromatic N) is 1. The average Bonchev–Trinajstić information content (AvgIpc) is 2.76. The zero-order valence-corrected chi connectivity index (χ0v) is 11.7. The van der Waals surface area contributed by atoms with E-state index in [2.05, 4.69) is 11.8 Å². The summed E-state index contributed by atoms with van der Waals surface area (Å²) in [6, 6.07) is 0.303. The van der Waals surface area contributed by atoms with Crippen molar-refractivity contribution in [3.05, 3.63) is 5.92 Å². The predicted octanol–water partition coefficient (Wildman–Crippen LogP) is 0.232. The first kappa shape index (κ1) is 12.3. The second kappa shape index (κ2) is 3.69. The van der Waals surface area contributed by atoms with Gasteiger partial charge < -0.3 is 14.8 Å². The third-order valence-electron chi connectivity index (χ3n) is 3.87. The zero-order chi connectivity index (χ0) is 9.80. The molecule has 0 amide bonds. The Balaban J connectivity index is 0.000000980. The van der Waals surface area contributed by atoms with Gasteiger partial charge in [0.2, 0.25) is 0 Å². The molecule has 0 spiro atoms. The Morgan fingerprint density at radius 1 is 1.71 bits per heavy atom. The van der Waals surface area contributed by atoms with Crippen LogP contribution in [0.1, 0.15) is 20.3 Å². The molecular weight excluding hydrogens is 350 g/mol. The fourth-order valence-corrected chi connectivity index (χ4v) is 2.79. The molecular formula is C10H16NO2W-. The average molecular weight is 366 g/mol. The molecule has 14 heavy (non-hydrogen) atoms. The topological polar surface area (TPSA) is 40.5 Å². The van der Waals surface area contributed by atoms with Crippen molar-refractivity contribution in [2.24, 2.45) is 5.92 Å². The monoisotopic (exact) mass is 366 g/mol. The summed E-state index contributed by atoms with van der Waals surface area (Å²) < 4.78 is 0. The number of aliphatic hydroxyl groups excluding tert-OH is 1. The fraction of sp³-hybridized carbons (Fsp3) is 0.800. The Labute approximate surface area is 99.1 Å². The number of piperidine rings is 1. The number of carbonyl (C=O) groups excluding carboxylic acids is 1. The van der Waals surface area contributed by atoms with E-state index in [-0.39, 0.29) is 44.9 Å². The second-order valence-corrected chi connectivity index (χ2v) is 4.26. The number of Topliss-reactive ketones (excluding diaryl/α,β-unsaturated/α-hetero) is 1. The number of ketones is 1. The third-order valence-corrected chi connectivity index (χ3v) is 3.87. The van der Waals surface area contributed by atoms with Gasteiger partial charge in [-0.25, -0.2) is 0 Å². The van der Waals surface area contributed by atoms with Gasteiger partial charge in [0, 0.05) is 27.7 Å². The van der Waals surface area contributed by atoms with Crippen molar-refractivity contribution in [3.63, 3.8) is 0 Å². The minimum atomic E-state index is -0.285. The van der Waals surface area contributed by atoms with Crippen molar-refractivity contribution in [1.29, 1.82) is 0 Å². The summed E-state index contributed by atoms with van der Waals surface area (Å²) in [7, 11) is 1.98. The minimum absolute atomic E-state index is 0. The molecule has 1 saturated carbocycles. The van der Waals surface area contributed by atoms with E-state index in [1.54, 1.807) is 6.92 Å². The van der Waals surface area contributed by atoms with Crippen molar-refractivity contribution < 1.29 is 31.0 Å². The van der Waals surface area contributed by atoms with Gasteiger partial charge in [-0.3, -0.25) is 5.92 Å². The quantitative estimate of drug-likeness (QED) is 0.712. The molecule has 3 nitrogen and oxygen atoms in total. The van der Waals surface area contributed by atoms with Gasteiger partial charge in [-0.2, -0.15) is 6.42 Å². The summed E-state index contributed by atoms with van der Waals surface area (Å²) in [5, 5.41) is 9.19. The van der Waals surface area contributed by atoms with Crippen LogP contribution in [0, 0.1) is 11.8 Å². The Morgan fingerprint density at radius 3 is 2.57 bits per heavy atom. The first-order valence-corrected chi connectivity index (χ1v) is 4.76. The zero-order valence-electron chi connectivity index (χ0n) is 8.78. The van der Waals surface area contributed by atoms with Crippen LogP contribution in [0.2, 0.25) is 0 Å². The van der Waals surface area contributed by atoms with Gasteiger partial charge in [0.25, 0.3) is 0 Å². The smallest absolute Gasteiger partial charge is 0.117 e. The normalized spacial score (nSPS) is 41.7. The molecule has 1 aliphatic carbocycles. The summed E-state index contributed by atoms with van der Waals surface area (Å²) in [4.78, 5) is 13.6. The van der Waals surface area contributed by atoms with E-state index in [1.165, 1.54) is 5.92 Å². The molecule has 1 heterocycles. The molecule has 0 aromatic heterocycles. The first-order valence-electron chi connectivity index (χ1n) is 4.76. The Bertz CT molecular complexity index is 259. The standard InChI is InChI=1S/C10H16NO2.W/c1-6-8(5-12)9-4-10(9,7(2)13)11(6)3;/h6,8,12H,4-5H2,1-3H3;/q-1;. The van der Waals surface area contributed by atoms with E-state index < -0.39 is 0 Å². The van der Waals surface area contributed by atoms with Crippen molar-refractivity contribution in [1.82, 2.24) is 4.90 Å². The molecule has 4 heteroatoms. The molecule has 3 unspecified atom stereocenters. The van der Waals surface area contributed by atoms with E-state index in [0.29, 0.717) is 6.04 Å². The van der Waals surface area contributed by atoms with Crippen LogP contribution in [0.4, 0.5) is 0 Å². The molecule has 1 N–H and O–H groups in total. The van der Waals surface area contributed by atoms with Gasteiger partial charge in [0.1, 0.15) is 5.78 Å². The summed E-state index contributed by atoms with van der Waals surface area (Å²) >= 11 is 0. The summed E-state index contributed by atoms with van der Waals surface area (Å²) in [5.74, 6) is 1.69. The Hall–Kier alpha value is 0.278. The van der Waals surface area contributed by atoms with Crippen LogP contribution in [-0.2, 0) is 25.9 Å². The number of fused-ring (bicyclic) bond motifs is 1. The van der Waals surface area contributed by atoms with Crippen LogP contribution < -0.4 is 0 Å². The maximum absolute atomic E-state index is 11.5. The fourth-order valence-electron chi connectivity index (χ4n) is 2.79. The molecule has 80 valence electrons. The third kappa shape index (κ3) is 1.25. The van der Waals surface area contributed by atoms with Crippen molar-refractivity contribution in [2.45, 2.75) is 31.8 Å². The van der Waals surface area contributed by atoms with Crippen LogP contribution in [0.25, 0.3) is 0 Å². The molecule has 1 aliphatic heterocycles. The van der Waals surface area contributed by atoms with Crippen LogP contribution in [0.5, 0.6) is 0 Å². The number of rotatable bonds is 2. The maximum atomic E-state index is 11.5. The molecule has 2 fully saturated rings. The van der Waals surface area contributed by atoms with E-state index >= 15 is 0 Å². The molecule has 2 rings (SSSR count). The maximum Gasteiger partial charge on any atom is 0.117 e. The first-order chi connectivity index (χ1) is 6.05. The van der Waals surface area contributed by atoms with Crippen molar-refractivity contribution >= 4 is 5.78 Å². The Kier molecular flexibility index (Phi) is 3.26. The van der Waals surface area contributed by atoms with Crippen LogP contribution >= 0.6 is 0 Å². The molecule has 0 aromatic carbocycles. The largest absolute Gasteiger partial charge is 0.399 e. The molecule has 2 aliphatic rings. The molecule has 0 radical (unpaired) electrons. The number of carbonyl (C=O) groups is 1. The van der Waals surface area contributed by atoms with Crippen LogP contribution in [0.3, 0.4) is 0 Å². The van der Waals surface area contributed by atoms with E-state index in [0.717, 1.165) is 6.42 Å². The van der Waals surface area contributed by atoms with E-state index in [1.807, 2.05) is 7.05 Å². The van der Waals surface area contributed by atoms with Gasteiger partial charge in [-0.05, 0) is 20.0 Å². The van der Waals surface area contributed by atoms with Crippen molar-refractivity contribution in [2.75, 3.05) is 13.7 Å². The number of hydrogen-bond donors (Lipinski definition) is 1. The predicted molar refractivity (Wildman–Crippen MR) is 49.1 cm³/mol. The number of likely N-dealkylation sites (N-methyl/N-ethyl adjacent to an activating group) is 1.